The average molecular weight is 383 g/mol. The zero-order valence-corrected chi connectivity index (χ0v) is 16.3. The smallest absolute Gasteiger partial charge is 0.410 e. The number of hydrogen-bond donors (Lipinski definition) is 0. The molecule has 5 heteroatoms. The predicted octanol–water partition coefficient (Wildman–Crippen LogP) is 4.28. The van der Waals surface area contributed by atoms with E-state index in [0.29, 0.717) is 6.54 Å². The van der Waals surface area contributed by atoms with Crippen molar-refractivity contribution in [3.63, 3.8) is 0 Å². The summed E-state index contributed by atoms with van der Waals surface area (Å²) in [5, 5.41) is 0. The van der Waals surface area contributed by atoms with E-state index in [2.05, 4.69) is 52.9 Å². The fourth-order valence-corrected chi connectivity index (χ4v) is 3.32. The van der Waals surface area contributed by atoms with Crippen LogP contribution in [0.1, 0.15) is 40.2 Å². The lowest BCUT2D eigenvalue weighted by atomic mass is 9.99. The van der Waals surface area contributed by atoms with E-state index in [4.69, 9.17) is 4.74 Å². The topological polar surface area (TPSA) is 32.8 Å². The molecule has 2 rings (SSSR count). The van der Waals surface area contributed by atoms with E-state index in [-0.39, 0.29) is 11.6 Å². The molecule has 0 spiro atoms. The summed E-state index contributed by atoms with van der Waals surface area (Å²) in [6.07, 6.45) is -0.219. The van der Waals surface area contributed by atoms with E-state index in [0.717, 1.165) is 24.1 Å². The minimum Gasteiger partial charge on any atom is -0.444 e. The molecule has 0 aliphatic carbocycles. The maximum absolute atomic E-state index is 12.4. The highest BCUT2D eigenvalue weighted by Crippen LogP contribution is 2.26. The van der Waals surface area contributed by atoms with Crippen LogP contribution in [0.4, 0.5) is 4.79 Å². The Kier molecular flexibility index (Phi) is 5.41. The van der Waals surface area contributed by atoms with Crippen LogP contribution in [0.2, 0.25) is 0 Å². The van der Waals surface area contributed by atoms with Crippen molar-refractivity contribution in [1.82, 2.24) is 9.80 Å². The van der Waals surface area contributed by atoms with Crippen LogP contribution in [0.3, 0.4) is 0 Å². The van der Waals surface area contributed by atoms with Crippen LogP contribution in [0.15, 0.2) is 28.7 Å². The van der Waals surface area contributed by atoms with Gasteiger partial charge < -0.3 is 9.64 Å². The fourth-order valence-electron chi connectivity index (χ4n) is 2.91. The van der Waals surface area contributed by atoms with Gasteiger partial charge in [0, 0.05) is 30.7 Å². The molecule has 0 N–H and O–H groups in total. The first-order chi connectivity index (χ1) is 10.6. The lowest BCUT2D eigenvalue weighted by Crippen LogP contribution is -2.61. The number of hydrogen-bond acceptors (Lipinski definition) is 3. The molecular weight excluding hydrogens is 356 g/mol. The number of halogens is 1. The van der Waals surface area contributed by atoms with Crippen molar-refractivity contribution >= 4 is 22.0 Å². The minimum atomic E-state index is -0.459. The zero-order chi connectivity index (χ0) is 17.3. The summed E-state index contributed by atoms with van der Waals surface area (Å²) in [5.74, 6) is 0. The third-order valence-corrected chi connectivity index (χ3v) is 4.72. The van der Waals surface area contributed by atoms with Crippen molar-refractivity contribution < 1.29 is 9.53 Å². The molecule has 1 aromatic carbocycles. The molecule has 1 amide bonds. The molecule has 0 aromatic heterocycles. The second-order valence-electron chi connectivity index (χ2n) is 7.75. The van der Waals surface area contributed by atoms with E-state index in [1.165, 1.54) is 5.56 Å². The van der Waals surface area contributed by atoms with Gasteiger partial charge in [-0.25, -0.2) is 4.79 Å². The third-order valence-electron chi connectivity index (χ3n) is 3.95. The van der Waals surface area contributed by atoms with E-state index in [1.54, 1.807) is 0 Å². The molecule has 1 saturated heterocycles. The highest BCUT2D eigenvalue weighted by atomic mass is 79.9. The summed E-state index contributed by atoms with van der Waals surface area (Å²) >= 11 is 3.61. The van der Waals surface area contributed by atoms with Crippen LogP contribution < -0.4 is 0 Å². The van der Waals surface area contributed by atoms with Gasteiger partial charge >= 0.3 is 6.09 Å². The first kappa shape index (κ1) is 18.3. The average Bonchev–Trinajstić information content (AvgIpc) is 2.38. The van der Waals surface area contributed by atoms with Gasteiger partial charge in [-0.05, 0) is 46.2 Å². The molecule has 1 heterocycles. The van der Waals surface area contributed by atoms with Crippen LogP contribution in [-0.4, -0.2) is 46.7 Å². The lowest BCUT2D eigenvalue weighted by molar-refractivity contribution is -0.0244. The van der Waals surface area contributed by atoms with Crippen molar-refractivity contribution in [3.8, 4) is 0 Å². The minimum absolute atomic E-state index is 0.219. The van der Waals surface area contributed by atoms with Gasteiger partial charge in [-0.2, -0.15) is 0 Å². The van der Waals surface area contributed by atoms with Gasteiger partial charge in [0.05, 0.1) is 5.54 Å². The Hall–Kier alpha value is -1.07. The standard InChI is InChI=1S/C18H27BrN2O2/c1-17(2,3)23-16(22)21-11-10-20(13-18(21,4)5)12-14-8-6-7-9-15(14)19/h6-9H,10-13H2,1-5H3. The molecule has 0 atom stereocenters. The number of piperazine rings is 1. The van der Waals surface area contributed by atoms with Gasteiger partial charge in [-0.15, -0.1) is 0 Å². The van der Waals surface area contributed by atoms with Gasteiger partial charge in [0.1, 0.15) is 5.60 Å². The summed E-state index contributed by atoms with van der Waals surface area (Å²) < 4.78 is 6.68. The lowest BCUT2D eigenvalue weighted by Gasteiger charge is -2.47. The fraction of sp³-hybridized carbons (Fsp3) is 0.611. The number of rotatable bonds is 2. The molecule has 128 valence electrons. The largest absolute Gasteiger partial charge is 0.444 e. The monoisotopic (exact) mass is 382 g/mol. The Bertz CT molecular complexity index is 566. The molecule has 4 nitrogen and oxygen atoms in total. The van der Waals surface area contributed by atoms with E-state index >= 15 is 0 Å². The first-order valence-corrected chi connectivity index (χ1v) is 8.84. The van der Waals surface area contributed by atoms with Crippen molar-refractivity contribution in [2.24, 2.45) is 0 Å². The van der Waals surface area contributed by atoms with Crippen molar-refractivity contribution in [1.29, 1.82) is 0 Å². The Balaban J connectivity index is 2.02. The summed E-state index contributed by atoms with van der Waals surface area (Å²) in [6.45, 7) is 13.2. The molecule has 1 fully saturated rings. The molecule has 0 saturated carbocycles. The molecular formula is C18H27BrN2O2. The maximum Gasteiger partial charge on any atom is 0.410 e. The number of ether oxygens (including phenoxy) is 1. The Morgan fingerprint density at radius 2 is 1.91 bits per heavy atom. The summed E-state index contributed by atoms with van der Waals surface area (Å²) in [6, 6.07) is 8.29. The number of carbonyl (C=O) groups excluding carboxylic acids is 1. The van der Waals surface area contributed by atoms with Gasteiger partial charge in [-0.1, -0.05) is 34.1 Å². The predicted molar refractivity (Wildman–Crippen MR) is 96.4 cm³/mol. The van der Waals surface area contributed by atoms with E-state index in [9.17, 15) is 4.79 Å². The number of benzene rings is 1. The molecule has 0 radical (unpaired) electrons. The quantitative estimate of drug-likeness (QED) is 0.764. The normalized spacial score (nSPS) is 18.8. The Labute approximate surface area is 147 Å². The molecule has 1 aliphatic rings. The molecule has 0 bridgehead atoms. The van der Waals surface area contributed by atoms with Gasteiger partial charge in [0.2, 0.25) is 0 Å². The number of amides is 1. The van der Waals surface area contributed by atoms with E-state index < -0.39 is 5.60 Å². The van der Waals surface area contributed by atoms with E-state index in [1.807, 2.05) is 31.7 Å². The third kappa shape index (κ3) is 4.95. The van der Waals surface area contributed by atoms with Gasteiger partial charge in [0.15, 0.2) is 0 Å². The van der Waals surface area contributed by atoms with Crippen molar-refractivity contribution in [3.05, 3.63) is 34.3 Å². The first-order valence-electron chi connectivity index (χ1n) is 8.05. The van der Waals surface area contributed by atoms with Crippen molar-refractivity contribution in [2.45, 2.75) is 52.3 Å². The maximum atomic E-state index is 12.4. The highest BCUT2D eigenvalue weighted by Gasteiger charge is 2.38. The summed E-state index contributed by atoms with van der Waals surface area (Å²) in [5.41, 5.74) is 0.565. The SMILES string of the molecule is CC(C)(C)OC(=O)N1CCN(Cc2ccccc2Br)CC1(C)C. The van der Waals surface area contributed by atoms with Crippen LogP contribution in [0, 0.1) is 0 Å². The molecule has 1 aromatic rings. The number of carbonyl (C=O) groups is 1. The van der Waals surface area contributed by atoms with Crippen molar-refractivity contribution in [2.75, 3.05) is 19.6 Å². The second kappa shape index (κ2) is 6.81. The van der Waals surface area contributed by atoms with Gasteiger partial charge in [-0.3, -0.25) is 4.90 Å². The Morgan fingerprint density at radius 1 is 1.26 bits per heavy atom. The highest BCUT2D eigenvalue weighted by molar-refractivity contribution is 9.10. The molecule has 0 unspecified atom stereocenters. The number of nitrogens with zero attached hydrogens (tertiary/aromatic N) is 2. The van der Waals surface area contributed by atoms with Crippen LogP contribution in [0.25, 0.3) is 0 Å². The van der Waals surface area contributed by atoms with Crippen LogP contribution in [0.5, 0.6) is 0 Å². The Morgan fingerprint density at radius 3 is 2.48 bits per heavy atom. The summed E-state index contributed by atoms with van der Waals surface area (Å²) in [7, 11) is 0. The second-order valence-corrected chi connectivity index (χ2v) is 8.60. The summed E-state index contributed by atoms with van der Waals surface area (Å²) in [4.78, 5) is 16.7. The molecule has 1 aliphatic heterocycles. The van der Waals surface area contributed by atoms with Crippen LogP contribution in [-0.2, 0) is 11.3 Å². The van der Waals surface area contributed by atoms with Gasteiger partial charge in [0.25, 0.3) is 0 Å². The molecule has 23 heavy (non-hydrogen) atoms. The zero-order valence-electron chi connectivity index (χ0n) is 14.7. The van der Waals surface area contributed by atoms with Crippen LogP contribution >= 0.6 is 15.9 Å².